The highest BCUT2D eigenvalue weighted by molar-refractivity contribution is 7.13. The molecule has 38 heavy (non-hydrogen) atoms. The third-order valence-electron chi connectivity index (χ3n) is 8.34. The second kappa shape index (κ2) is 12.7. The van der Waals surface area contributed by atoms with Gasteiger partial charge in [0.15, 0.2) is 4.83 Å². The van der Waals surface area contributed by atoms with E-state index in [-0.39, 0.29) is 6.04 Å². The van der Waals surface area contributed by atoms with E-state index in [0.29, 0.717) is 23.7 Å². The van der Waals surface area contributed by atoms with Gasteiger partial charge >= 0.3 is 0 Å². The second-order valence-electron chi connectivity index (χ2n) is 11.1. The average molecular weight is 542 g/mol. The summed E-state index contributed by atoms with van der Waals surface area (Å²) < 4.78 is 9.99. The van der Waals surface area contributed by atoms with Crippen molar-refractivity contribution in [3.8, 4) is 0 Å². The Balaban J connectivity index is 1.22. The minimum Gasteiger partial charge on any atom is -0.403 e. The van der Waals surface area contributed by atoms with Gasteiger partial charge in [-0.2, -0.15) is 14.3 Å². The molecule has 5 rings (SSSR count). The van der Waals surface area contributed by atoms with E-state index in [1.807, 2.05) is 6.92 Å². The van der Waals surface area contributed by atoms with Crippen LogP contribution in [0.3, 0.4) is 0 Å². The number of nitrogens with two attached hydrogens (primary N) is 1. The summed E-state index contributed by atoms with van der Waals surface area (Å²) in [6, 6.07) is 2.10. The Bertz CT molecular complexity index is 1110. The highest BCUT2D eigenvalue weighted by atomic mass is 32.1. The van der Waals surface area contributed by atoms with Gasteiger partial charge in [-0.15, -0.1) is 0 Å². The maximum atomic E-state index is 5.91. The molecule has 2 aliphatic heterocycles. The minimum absolute atomic E-state index is 0.264. The molecule has 10 nitrogen and oxygen atoms in total. The quantitative estimate of drug-likeness (QED) is 0.431. The molecule has 208 valence electrons. The number of rotatable bonds is 8. The first-order valence-corrected chi connectivity index (χ1v) is 14.9. The van der Waals surface area contributed by atoms with Crippen LogP contribution >= 0.6 is 11.5 Å². The third kappa shape index (κ3) is 6.62. The van der Waals surface area contributed by atoms with Gasteiger partial charge in [-0.3, -0.25) is 4.99 Å². The van der Waals surface area contributed by atoms with Crippen LogP contribution in [-0.2, 0) is 4.74 Å². The number of ether oxygens (including phenoxy) is 1. The number of aryl methyl sites for hydroxylation is 1. The zero-order valence-corrected chi connectivity index (χ0v) is 23.8. The Morgan fingerprint density at radius 2 is 1.82 bits per heavy atom. The molecule has 1 saturated carbocycles. The summed E-state index contributed by atoms with van der Waals surface area (Å²) in [5.41, 5.74) is 7.56. The fourth-order valence-corrected chi connectivity index (χ4v) is 6.74. The molecule has 4 heterocycles. The summed E-state index contributed by atoms with van der Waals surface area (Å²) in [5.74, 6) is 1.37. The number of hydrogen-bond acceptors (Lipinski definition) is 11. The summed E-state index contributed by atoms with van der Waals surface area (Å²) in [6.07, 6.45) is 12.5. The first-order valence-electron chi connectivity index (χ1n) is 14.1. The van der Waals surface area contributed by atoms with Crippen molar-refractivity contribution in [3.63, 3.8) is 0 Å². The second-order valence-corrected chi connectivity index (χ2v) is 11.8. The van der Waals surface area contributed by atoms with Crippen LogP contribution in [0.4, 0.5) is 11.8 Å². The van der Waals surface area contributed by atoms with E-state index < -0.39 is 0 Å². The molecule has 2 aromatic heterocycles. The Morgan fingerprint density at radius 1 is 1.08 bits per heavy atom. The minimum atomic E-state index is 0.264. The van der Waals surface area contributed by atoms with E-state index in [9.17, 15) is 0 Å². The van der Waals surface area contributed by atoms with Gasteiger partial charge in [-0.25, -0.2) is 0 Å². The van der Waals surface area contributed by atoms with Crippen molar-refractivity contribution < 1.29 is 4.74 Å². The summed E-state index contributed by atoms with van der Waals surface area (Å²) >= 11 is 1.41. The SMILES string of the molecule is Cc1nsc2nc(NC(C=NC3CCOCC3)=CN)nc(NC3CCC(N4CCC(N(C)C)CC4)CC3)c12. The molecule has 0 radical (unpaired) electrons. The fourth-order valence-electron chi connectivity index (χ4n) is 5.96. The molecule has 0 bridgehead atoms. The molecular formula is C27H43N9OS. The predicted molar refractivity (Wildman–Crippen MR) is 156 cm³/mol. The van der Waals surface area contributed by atoms with Crippen LogP contribution in [0.25, 0.3) is 10.2 Å². The van der Waals surface area contributed by atoms with Crippen LogP contribution in [0.1, 0.15) is 57.1 Å². The fraction of sp³-hybridized carbons (Fsp3) is 0.704. The molecule has 3 fully saturated rings. The number of aliphatic imine (C=N–C) groups is 1. The van der Waals surface area contributed by atoms with Gasteiger partial charge in [-0.05, 0) is 97.0 Å². The van der Waals surface area contributed by atoms with Crippen LogP contribution < -0.4 is 16.4 Å². The Labute approximate surface area is 230 Å². The van der Waals surface area contributed by atoms with Crippen molar-refractivity contribution in [2.24, 2.45) is 10.7 Å². The van der Waals surface area contributed by atoms with E-state index in [1.165, 1.54) is 56.5 Å². The van der Waals surface area contributed by atoms with E-state index in [4.69, 9.17) is 20.4 Å². The number of fused-ring (bicyclic) bond motifs is 1. The molecule has 1 aliphatic carbocycles. The third-order valence-corrected chi connectivity index (χ3v) is 9.17. The molecule has 2 aromatic rings. The number of anilines is 2. The lowest BCUT2D eigenvalue weighted by Crippen LogP contribution is -2.48. The summed E-state index contributed by atoms with van der Waals surface area (Å²) in [6.45, 7) is 5.99. The standard InChI is InChI=1S/C27H43N9OS/c1-18-24-25(30-20-4-6-23(7-5-20)36-12-8-22(9-13-36)35(2)3)32-27(33-26(24)38-34-18)31-21(16-28)17-29-19-10-14-37-15-11-19/h16-17,19-20,22-23H,4-15,28H2,1-3H3,(H2,30,31,32,33). The van der Waals surface area contributed by atoms with Gasteiger partial charge in [0.25, 0.3) is 0 Å². The molecule has 4 N–H and O–H groups in total. The van der Waals surface area contributed by atoms with Crippen molar-refractivity contribution >= 4 is 39.7 Å². The topological polar surface area (TPSA) is 117 Å². The molecule has 0 amide bonds. The Kier molecular flexibility index (Phi) is 9.08. The van der Waals surface area contributed by atoms with Crippen LogP contribution in [0, 0.1) is 6.92 Å². The first kappa shape index (κ1) is 27.2. The Hall–Kier alpha value is -2.34. The van der Waals surface area contributed by atoms with Gasteiger partial charge in [0.05, 0.1) is 22.8 Å². The number of nitrogens with one attached hydrogen (secondary N) is 2. The summed E-state index contributed by atoms with van der Waals surface area (Å²) in [7, 11) is 4.42. The summed E-state index contributed by atoms with van der Waals surface area (Å²) in [4.78, 5) is 20.3. The van der Waals surface area contributed by atoms with Crippen LogP contribution in [-0.4, -0.2) is 94.9 Å². The lowest BCUT2D eigenvalue weighted by molar-refractivity contribution is 0.0872. The van der Waals surface area contributed by atoms with E-state index >= 15 is 0 Å². The van der Waals surface area contributed by atoms with E-state index in [0.717, 1.165) is 66.7 Å². The highest BCUT2D eigenvalue weighted by Crippen LogP contribution is 2.32. The number of aromatic nitrogens is 3. The molecule has 2 saturated heterocycles. The maximum absolute atomic E-state index is 5.91. The summed E-state index contributed by atoms with van der Waals surface area (Å²) in [5, 5.41) is 8.05. The van der Waals surface area contributed by atoms with Crippen LogP contribution in [0.5, 0.6) is 0 Å². The number of nitrogens with zero attached hydrogens (tertiary/aromatic N) is 6. The maximum Gasteiger partial charge on any atom is 0.230 e. The van der Waals surface area contributed by atoms with Gasteiger partial charge in [0.1, 0.15) is 5.82 Å². The molecule has 0 aromatic carbocycles. The molecule has 11 heteroatoms. The number of likely N-dealkylation sites (tertiary alicyclic amines) is 1. The lowest BCUT2D eigenvalue weighted by Gasteiger charge is -2.42. The van der Waals surface area contributed by atoms with Gasteiger partial charge in [0, 0.05) is 43.8 Å². The highest BCUT2D eigenvalue weighted by Gasteiger charge is 2.30. The molecule has 0 atom stereocenters. The number of hydrogen-bond donors (Lipinski definition) is 3. The van der Waals surface area contributed by atoms with E-state index in [1.54, 1.807) is 6.21 Å². The Morgan fingerprint density at radius 3 is 2.50 bits per heavy atom. The van der Waals surface area contributed by atoms with Gasteiger partial charge < -0.3 is 30.9 Å². The number of piperidine rings is 1. The van der Waals surface area contributed by atoms with Crippen molar-refractivity contribution in [3.05, 3.63) is 17.6 Å². The molecule has 3 aliphatic rings. The smallest absolute Gasteiger partial charge is 0.230 e. The first-order chi connectivity index (χ1) is 18.5. The van der Waals surface area contributed by atoms with Crippen LogP contribution in [0.15, 0.2) is 16.9 Å². The lowest BCUT2D eigenvalue weighted by atomic mass is 9.88. The van der Waals surface area contributed by atoms with Crippen molar-refractivity contribution in [1.29, 1.82) is 0 Å². The van der Waals surface area contributed by atoms with Crippen molar-refractivity contribution in [1.82, 2.24) is 24.1 Å². The normalized spacial score (nSPS) is 25.0. The average Bonchev–Trinajstić information content (AvgIpc) is 3.32. The van der Waals surface area contributed by atoms with Crippen molar-refractivity contribution in [2.45, 2.75) is 82.5 Å². The van der Waals surface area contributed by atoms with Gasteiger partial charge in [-0.1, -0.05) is 0 Å². The molecular weight excluding hydrogens is 498 g/mol. The monoisotopic (exact) mass is 541 g/mol. The molecule has 0 spiro atoms. The largest absolute Gasteiger partial charge is 0.403 e. The number of allylic oxidation sites excluding steroid dienone is 1. The van der Waals surface area contributed by atoms with Gasteiger partial charge in [0.2, 0.25) is 5.95 Å². The van der Waals surface area contributed by atoms with E-state index in [2.05, 4.69) is 43.9 Å². The van der Waals surface area contributed by atoms with Crippen molar-refractivity contribution in [2.75, 3.05) is 51.0 Å². The zero-order chi connectivity index (χ0) is 26.5. The zero-order valence-electron chi connectivity index (χ0n) is 23.0. The molecule has 0 unspecified atom stereocenters. The van der Waals surface area contributed by atoms with Crippen LogP contribution in [0.2, 0.25) is 0 Å². The predicted octanol–water partition coefficient (Wildman–Crippen LogP) is 3.61.